The topological polar surface area (TPSA) is 380 Å². The molecule has 7 amide bonds. The molecule has 0 radical (unpaired) electrons. The molecule has 0 aromatic heterocycles. The highest BCUT2D eigenvalue weighted by Gasteiger charge is 2.36. The summed E-state index contributed by atoms with van der Waals surface area (Å²) in [5.74, 6) is -4.17. The molecule has 1 fully saturated rings. The largest absolute Gasteiger partial charge is 0.744 e. The van der Waals surface area contributed by atoms with Crippen LogP contribution in [0.1, 0.15) is 74.1 Å². The van der Waals surface area contributed by atoms with Crippen molar-refractivity contribution in [1.82, 2.24) is 44.9 Å². The first-order chi connectivity index (χ1) is 43.4. The average Bonchev–Trinajstić information content (AvgIpc) is 0.740. The number of fused-ring (bicyclic) bond motifs is 2. The number of likely N-dealkylation sites (N-methyl/N-ethyl adjacent to an activating group) is 3. The van der Waals surface area contributed by atoms with E-state index in [1.165, 1.54) is 37.8 Å². The fourth-order valence-corrected chi connectivity index (χ4v) is 12.6. The third-order valence-corrected chi connectivity index (χ3v) is 18.2. The number of ether oxygens (including phenoxy) is 4. The van der Waals surface area contributed by atoms with Crippen LogP contribution in [0, 0.1) is 5.41 Å². The molecular weight excluding hydrogens is 1240 g/mol. The zero-order chi connectivity index (χ0) is 68.3. The molecule has 5 rings (SSSR count). The fourth-order valence-electron chi connectivity index (χ4n) is 10.3. The van der Waals surface area contributed by atoms with Crippen molar-refractivity contribution in [2.45, 2.75) is 102 Å². The molecule has 32 heteroatoms. The Morgan fingerprint density at radius 2 is 1.07 bits per heavy atom. The lowest BCUT2D eigenvalue weighted by atomic mass is 9.92. The quantitative estimate of drug-likeness (QED) is 0.00943. The molecule has 2 heterocycles. The number of hydroxylamine groups is 6. The van der Waals surface area contributed by atoms with E-state index in [4.69, 9.17) is 23.4 Å². The number of carbonyl (C=O) groups is 7. The second-order valence-corrected chi connectivity index (χ2v) is 25.5. The van der Waals surface area contributed by atoms with E-state index in [0.29, 0.717) is 69.2 Å². The monoisotopic (exact) mass is 1330 g/mol. The van der Waals surface area contributed by atoms with E-state index in [-0.39, 0.29) is 110 Å². The van der Waals surface area contributed by atoms with Gasteiger partial charge in [0.15, 0.2) is 0 Å². The molecule has 2 aromatic carbocycles. The van der Waals surface area contributed by atoms with E-state index in [1.54, 1.807) is 12.1 Å². The number of amides is 7. The van der Waals surface area contributed by atoms with Gasteiger partial charge in [0, 0.05) is 120 Å². The van der Waals surface area contributed by atoms with Gasteiger partial charge in [-0.25, -0.2) is 36.6 Å². The van der Waals surface area contributed by atoms with Crippen LogP contribution in [0.5, 0.6) is 0 Å². The van der Waals surface area contributed by atoms with Gasteiger partial charge in [-0.05, 0) is 78.8 Å². The van der Waals surface area contributed by atoms with Gasteiger partial charge >= 0.3 is 0 Å². The zero-order valence-electron chi connectivity index (χ0n) is 53.8. The van der Waals surface area contributed by atoms with Crippen molar-refractivity contribution < 1.29 is 93.9 Å². The maximum absolute atomic E-state index is 14.4. The summed E-state index contributed by atoms with van der Waals surface area (Å²) in [6.45, 7) is 12.4. The summed E-state index contributed by atoms with van der Waals surface area (Å²) in [4.78, 5) is 90.9. The van der Waals surface area contributed by atoms with Crippen LogP contribution in [0.25, 0.3) is 33.4 Å². The predicted octanol–water partition coefficient (Wildman–Crippen LogP) is 1.27. The predicted molar refractivity (Wildman–Crippen MR) is 332 cm³/mol. The molecule has 0 saturated carbocycles. The van der Waals surface area contributed by atoms with E-state index >= 15 is 0 Å². The lowest BCUT2D eigenvalue weighted by Gasteiger charge is -2.35. The second-order valence-electron chi connectivity index (χ2n) is 22.2. The third kappa shape index (κ3) is 20.6. The summed E-state index contributed by atoms with van der Waals surface area (Å²) in [5.41, 5.74) is 0.782. The maximum Gasteiger partial charge on any atom is 0.267 e. The van der Waals surface area contributed by atoms with Crippen LogP contribution in [0.2, 0.25) is 0 Å². The highest BCUT2D eigenvalue weighted by atomic mass is 32.2. The number of nitrogens with one attached hydrogen (secondary N) is 3. The van der Waals surface area contributed by atoms with E-state index < -0.39 is 94.8 Å². The first-order valence-electron chi connectivity index (χ1n) is 30.2. The molecule has 0 spiro atoms. The van der Waals surface area contributed by atoms with Crippen molar-refractivity contribution in [1.29, 1.82) is 0 Å². The van der Waals surface area contributed by atoms with Gasteiger partial charge in [-0.2, -0.15) is 4.31 Å². The lowest BCUT2D eigenvalue weighted by molar-refractivity contribution is -0.162. The van der Waals surface area contributed by atoms with Crippen LogP contribution in [0.3, 0.4) is 0 Å². The minimum Gasteiger partial charge on any atom is -0.744 e. The Hall–Kier alpha value is -7.24. The smallest absolute Gasteiger partial charge is 0.267 e. The average molecular weight is 1330 g/mol. The molecular formula is C60H88N10O20S2. The Balaban J connectivity index is 1.34. The number of sulfonamides is 1. The molecule has 2 aromatic rings. The first kappa shape index (κ1) is 75.5. The van der Waals surface area contributed by atoms with Gasteiger partial charge in [0.05, 0.1) is 80.5 Å². The van der Waals surface area contributed by atoms with Gasteiger partial charge in [0.1, 0.15) is 52.7 Å². The third-order valence-electron chi connectivity index (χ3n) is 15.4. The minimum absolute atomic E-state index is 0.0206. The van der Waals surface area contributed by atoms with Crippen LogP contribution < -0.4 is 30.8 Å². The zero-order valence-corrected chi connectivity index (χ0v) is 55.4. The van der Waals surface area contributed by atoms with Crippen LogP contribution >= 0.6 is 0 Å². The number of hydrogen-bond acceptors (Lipinski definition) is 21. The molecule has 510 valence electrons. The number of piperazine rings is 1. The number of benzene rings is 3. The van der Waals surface area contributed by atoms with Gasteiger partial charge in [-0.3, -0.25) is 49.2 Å². The van der Waals surface area contributed by atoms with Crippen molar-refractivity contribution in [2.75, 3.05) is 131 Å². The number of anilines is 1. The lowest BCUT2D eigenvalue weighted by Crippen LogP contribution is -2.50. The standard InChI is InChI=1S/C60H88N10O20S2/c1-11-67(12-2)43-15-18-46-49(33-43)90-50-34-44(68(13-3)14-4)16-19-47(50)56(46)48-20-17-45(35-51(48)92(83,84)85)91(81,82)70-27-25-69(26-28-70)55(74)24-32-89-39-60(36-86-29-21-52(71)61-40(5)57(75)64(8)78,37-87-30-22-53(72)62-41(6)58(76)65(9)79)38-88-31-23-54(73)63-42(7)59(77)66(10)80/h15-20,33-35,40-42,78-80H,11-14,21-32,36-39H2,1-10H3,(H3-,61,62,63,71,72,73,83,84,85). The summed E-state index contributed by atoms with van der Waals surface area (Å²) in [6, 6.07) is 11.2. The SMILES string of the molecule is CCN(CC)c1ccc2c(-c3ccc(S(=O)(=O)N4CCN(C(=O)CCOCC(COCCC(=O)NC(C)C(=O)N(C)O)(COCCC(=O)NC(C)C(=O)N(C)O)COCCC(=O)NC(C)C(=O)N(C)O)CC4)cc3S(=O)(=O)[O-])c3ccc(=[N+](CC)CC)cc-3oc2c1. The van der Waals surface area contributed by atoms with Crippen LogP contribution in [0.4, 0.5) is 5.69 Å². The highest BCUT2D eigenvalue weighted by molar-refractivity contribution is 7.89. The molecule has 2 aliphatic heterocycles. The Kier molecular flexibility index (Phi) is 28.4. The first-order valence-corrected chi connectivity index (χ1v) is 33.1. The van der Waals surface area contributed by atoms with Crippen LogP contribution in [-0.2, 0) is 72.7 Å². The number of carbonyl (C=O) groups excluding carboxylic acids is 7. The van der Waals surface area contributed by atoms with E-state index in [0.717, 1.165) is 42.6 Å². The number of nitrogens with zero attached hydrogens (tertiary/aromatic N) is 7. The molecule has 3 atom stereocenters. The van der Waals surface area contributed by atoms with Gasteiger partial charge in [-0.1, -0.05) is 6.07 Å². The summed E-state index contributed by atoms with van der Waals surface area (Å²) in [5, 5.41) is 38.2. The van der Waals surface area contributed by atoms with Crippen molar-refractivity contribution >= 4 is 78.1 Å². The molecule has 0 bridgehead atoms. The second kappa shape index (κ2) is 34.6. The van der Waals surface area contributed by atoms with Crippen molar-refractivity contribution in [3.05, 3.63) is 60.0 Å². The van der Waals surface area contributed by atoms with Crippen LogP contribution in [0.15, 0.2) is 68.8 Å². The molecule has 6 N–H and O–H groups in total. The Labute approximate surface area is 536 Å². The Morgan fingerprint density at radius 3 is 1.49 bits per heavy atom. The summed E-state index contributed by atoms with van der Waals surface area (Å²) in [6.07, 6.45) is -1.01. The minimum atomic E-state index is -5.35. The molecule has 92 heavy (non-hydrogen) atoms. The maximum atomic E-state index is 14.4. The van der Waals surface area contributed by atoms with E-state index in [9.17, 15) is 70.6 Å². The molecule has 3 aliphatic rings. The number of hydrogen-bond donors (Lipinski definition) is 6. The molecule has 1 saturated heterocycles. The van der Waals surface area contributed by atoms with Gasteiger partial charge < -0.3 is 53.7 Å². The number of rotatable bonds is 35. The van der Waals surface area contributed by atoms with Crippen molar-refractivity contribution in [2.24, 2.45) is 5.41 Å². The van der Waals surface area contributed by atoms with Gasteiger partial charge in [-0.15, -0.1) is 0 Å². The van der Waals surface area contributed by atoms with Crippen LogP contribution in [-0.4, -0.2) is 247 Å². The van der Waals surface area contributed by atoms with Crippen molar-refractivity contribution in [3.63, 3.8) is 0 Å². The normalized spacial score (nSPS) is 14.6. The van der Waals surface area contributed by atoms with E-state index in [2.05, 4.69) is 25.4 Å². The summed E-state index contributed by atoms with van der Waals surface area (Å²) in [7, 11) is -6.52. The fraction of sp³-hybridized carbons (Fsp3) is 0.567. The Bertz CT molecular complexity index is 3370. The van der Waals surface area contributed by atoms with E-state index in [1.807, 2.05) is 52.0 Å². The summed E-state index contributed by atoms with van der Waals surface area (Å²) >= 11 is 0. The Morgan fingerprint density at radius 1 is 0.620 bits per heavy atom. The highest BCUT2D eigenvalue weighted by Crippen LogP contribution is 2.44. The van der Waals surface area contributed by atoms with Gasteiger partial charge in [0.2, 0.25) is 39.0 Å². The molecule has 1 aliphatic carbocycles. The van der Waals surface area contributed by atoms with Gasteiger partial charge in [0.25, 0.3) is 17.7 Å². The molecule has 3 unspecified atom stereocenters. The van der Waals surface area contributed by atoms with Crippen molar-refractivity contribution in [3.8, 4) is 22.5 Å². The molecule has 30 nitrogen and oxygen atoms in total. The summed E-state index contributed by atoms with van der Waals surface area (Å²) < 4.78 is 103.